The van der Waals surface area contributed by atoms with E-state index in [2.05, 4.69) is 10.3 Å². The number of carbonyl (C=O) groups excluding carboxylic acids is 2. The number of aromatic nitrogens is 4. The highest BCUT2D eigenvalue weighted by Crippen LogP contribution is 2.28. The summed E-state index contributed by atoms with van der Waals surface area (Å²) in [5, 5.41) is 9.03. The molecule has 166 valence electrons. The second-order valence-electron chi connectivity index (χ2n) is 8.01. The third kappa shape index (κ3) is 3.78. The minimum absolute atomic E-state index is 0.0210. The fourth-order valence-corrected chi connectivity index (χ4v) is 4.29. The fourth-order valence-electron chi connectivity index (χ4n) is 4.16. The number of benzene rings is 1. The maximum atomic E-state index is 13.1. The first-order valence-corrected chi connectivity index (χ1v) is 10.9. The Morgan fingerprint density at radius 2 is 1.72 bits per heavy atom. The van der Waals surface area contributed by atoms with Crippen molar-refractivity contribution in [2.24, 2.45) is 7.05 Å². The van der Waals surface area contributed by atoms with E-state index in [0.29, 0.717) is 54.8 Å². The Morgan fingerprint density at radius 3 is 2.38 bits per heavy atom. The summed E-state index contributed by atoms with van der Waals surface area (Å²) in [7, 11) is 1.85. The Labute approximate surface area is 190 Å². The number of hydrogen-bond acceptors (Lipinski definition) is 5. The molecule has 10 heteroatoms. The highest BCUT2D eigenvalue weighted by molar-refractivity contribution is 6.30. The average molecular weight is 455 g/mol. The van der Waals surface area contributed by atoms with Gasteiger partial charge in [0, 0.05) is 44.4 Å². The van der Waals surface area contributed by atoms with E-state index in [0.717, 1.165) is 5.56 Å². The van der Waals surface area contributed by atoms with Gasteiger partial charge in [0.15, 0.2) is 5.69 Å². The van der Waals surface area contributed by atoms with Gasteiger partial charge in [-0.25, -0.2) is 4.68 Å². The third-order valence-corrected chi connectivity index (χ3v) is 6.31. The lowest BCUT2D eigenvalue weighted by atomic mass is 10.1. The minimum atomic E-state index is -0.175. The first-order chi connectivity index (χ1) is 15.5. The average Bonchev–Trinajstić information content (AvgIpc) is 3.44. The normalized spacial score (nSPS) is 18.5. The second kappa shape index (κ2) is 8.40. The number of ether oxygens (including phenoxy) is 1. The Hall–Kier alpha value is -3.17. The summed E-state index contributed by atoms with van der Waals surface area (Å²) >= 11 is 5.97. The van der Waals surface area contributed by atoms with Gasteiger partial charge in [-0.15, -0.1) is 5.10 Å². The summed E-state index contributed by atoms with van der Waals surface area (Å²) in [5.41, 5.74) is 2.65. The number of aryl methyl sites for hydroxylation is 1. The van der Waals surface area contributed by atoms with Crippen LogP contribution in [0.15, 0.2) is 42.6 Å². The molecule has 5 rings (SSSR count). The molecule has 4 heterocycles. The van der Waals surface area contributed by atoms with Crippen LogP contribution in [0.1, 0.15) is 38.3 Å². The maximum absolute atomic E-state index is 13.1. The lowest BCUT2D eigenvalue weighted by Crippen LogP contribution is -2.51. The number of fused-ring (bicyclic) bond motifs is 1. The Bertz CT molecular complexity index is 1150. The van der Waals surface area contributed by atoms with Crippen LogP contribution in [-0.2, 0) is 24.9 Å². The van der Waals surface area contributed by atoms with E-state index in [4.69, 9.17) is 16.3 Å². The van der Waals surface area contributed by atoms with Gasteiger partial charge in [0.1, 0.15) is 11.8 Å². The van der Waals surface area contributed by atoms with Crippen LogP contribution in [0.25, 0.3) is 0 Å². The summed E-state index contributed by atoms with van der Waals surface area (Å²) in [6.45, 7) is 2.61. The van der Waals surface area contributed by atoms with Crippen molar-refractivity contribution >= 4 is 23.4 Å². The first kappa shape index (κ1) is 20.7. The molecule has 0 spiro atoms. The van der Waals surface area contributed by atoms with Crippen molar-refractivity contribution in [2.45, 2.75) is 19.3 Å². The molecule has 1 saturated heterocycles. The van der Waals surface area contributed by atoms with Crippen LogP contribution in [0.5, 0.6) is 0 Å². The number of rotatable bonds is 3. The predicted molar refractivity (Wildman–Crippen MR) is 116 cm³/mol. The van der Waals surface area contributed by atoms with E-state index in [9.17, 15) is 9.59 Å². The third-order valence-electron chi connectivity index (χ3n) is 6.06. The van der Waals surface area contributed by atoms with Gasteiger partial charge in [-0.05, 0) is 29.8 Å². The number of amides is 2. The largest absolute Gasteiger partial charge is 0.365 e. The molecule has 0 saturated carbocycles. The number of nitrogens with zero attached hydrogens (tertiary/aromatic N) is 6. The van der Waals surface area contributed by atoms with Crippen molar-refractivity contribution < 1.29 is 14.3 Å². The molecule has 32 heavy (non-hydrogen) atoms. The summed E-state index contributed by atoms with van der Waals surface area (Å²) in [6.07, 6.45) is 1.68. The molecule has 0 N–H and O–H groups in total. The molecule has 1 fully saturated rings. The van der Waals surface area contributed by atoms with Crippen LogP contribution >= 0.6 is 11.6 Å². The van der Waals surface area contributed by atoms with Gasteiger partial charge in [-0.1, -0.05) is 28.9 Å². The zero-order valence-electron chi connectivity index (χ0n) is 17.6. The van der Waals surface area contributed by atoms with Crippen LogP contribution in [0, 0.1) is 0 Å². The van der Waals surface area contributed by atoms with Crippen molar-refractivity contribution in [1.82, 2.24) is 29.4 Å². The Morgan fingerprint density at radius 1 is 1.03 bits per heavy atom. The van der Waals surface area contributed by atoms with E-state index in [-0.39, 0.29) is 24.5 Å². The zero-order chi connectivity index (χ0) is 22.2. The van der Waals surface area contributed by atoms with Crippen molar-refractivity contribution in [3.05, 3.63) is 70.3 Å². The summed E-state index contributed by atoms with van der Waals surface area (Å²) in [6, 6.07) is 11.2. The molecule has 2 amide bonds. The van der Waals surface area contributed by atoms with Crippen LogP contribution < -0.4 is 0 Å². The van der Waals surface area contributed by atoms with Gasteiger partial charge in [0.25, 0.3) is 11.8 Å². The van der Waals surface area contributed by atoms with Crippen molar-refractivity contribution in [2.75, 3.05) is 26.2 Å². The van der Waals surface area contributed by atoms with Gasteiger partial charge in [-0.2, -0.15) is 0 Å². The molecule has 1 atom stereocenters. The SMILES string of the molecule is Cn1cccc1C(=O)N1CCN(C(=O)c2nnn3c2CO[C@@H](c2ccc(Cl)cc2)C3)CC1. The molecule has 0 radical (unpaired) electrons. The van der Waals surface area contributed by atoms with Gasteiger partial charge >= 0.3 is 0 Å². The van der Waals surface area contributed by atoms with Crippen molar-refractivity contribution in [1.29, 1.82) is 0 Å². The number of hydrogen-bond donors (Lipinski definition) is 0. The summed E-state index contributed by atoms with van der Waals surface area (Å²) < 4.78 is 9.55. The smallest absolute Gasteiger partial charge is 0.276 e. The van der Waals surface area contributed by atoms with Crippen LogP contribution in [0.4, 0.5) is 0 Å². The molecule has 0 unspecified atom stereocenters. The highest BCUT2D eigenvalue weighted by Gasteiger charge is 2.32. The maximum Gasteiger partial charge on any atom is 0.276 e. The monoisotopic (exact) mass is 454 g/mol. The van der Waals surface area contributed by atoms with E-state index in [1.54, 1.807) is 25.1 Å². The minimum Gasteiger partial charge on any atom is -0.365 e. The quantitative estimate of drug-likeness (QED) is 0.605. The molecule has 2 aliphatic rings. The van der Waals surface area contributed by atoms with E-state index in [1.807, 2.05) is 43.6 Å². The van der Waals surface area contributed by atoms with Gasteiger partial charge < -0.3 is 19.1 Å². The molecule has 0 aliphatic carbocycles. The molecule has 0 bridgehead atoms. The fraction of sp³-hybridized carbons (Fsp3) is 0.364. The summed E-state index contributed by atoms with van der Waals surface area (Å²) in [5.74, 6) is -0.196. The number of carbonyl (C=O) groups is 2. The molecular formula is C22H23ClN6O3. The topological polar surface area (TPSA) is 85.5 Å². The molecular weight excluding hydrogens is 432 g/mol. The Kier molecular flexibility index (Phi) is 5.44. The van der Waals surface area contributed by atoms with Gasteiger partial charge in [0.2, 0.25) is 0 Å². The first-order valence-electron chi connectivity index (χ1n) is 10.5. The molecule has 3 aromatic rings. The van der Waals surface area contributed by atoms with E-state index < -0.39 is 0 Å². The van der Waals surface area contributed by atoms with Gasteiger partial charge in [0.05, 0.1) is 18.8 Å². The van der Waals surface area contributed by atoms with E-state index in [1.165, 1.54) is 0 Å². The number of halogens is 1. The Balaban J connectivity index is 1.24. The van der Waals surface area contributed by atoms with Crippen molar-refractivity contribution in [3.63, 3.8) is 0 Å². The van der Waals surface area contributed by atoms with E-state index >= 15 is 0 Å². The second-order valence-corrected chi connectivity index (χ2v) is 8.44. The zero-order valence-corrected chi connectivity index (χ0v) is 18.4. The van der Waals surface area contributed by atoms with Crippen molar-refractivity contribution in [3.8, 4) is 0 Å². The molecule has 2 aliphatic heterocycles. The molecule has 2 aromatic heterocycles. The van der Waals surface area contributed by atoms with Crippen LogP contribution in [0.3, 0.4) is 0 Å². The van der Waals surface area contributed by atoms with Crippen LogP contribution in [0.2, 0.25) is 5.02 Å². The lowest BCUT2D eigenvalue weighted by molar-refractivity contribution is -0.00202. The van der Waals surface area contributed by atoms with Gasteiger partial charge in [-0.3, -0.25) is 9.59 Å². The molecule has 1 aromatic carbocycles. The summed E-state index contributed by atoms with van der Waals surface area (Å²) in [4.78, 5) is 29.3. The molecule has 9 nitrogen and oxygen atoms in total. The van der Waals surface area contributed by atoms with Crippen LogP contribution in [-0.4, -0.2) is 67.4 Å². The standard InChI is InChI=1S/C22H23ClN6O3/c1-26-8-2-3-17(26)21(30)27-9-11-28(12-10-27)22(31)20-18-14-32-19(13-29(18)25-24-20)15-4-6-16(23)7-5-15/h2-8,19H,9-14H2,1H3/t19-/m1/s1. The predicted octanol–water partition coefficient (Wildman–Crippen LogP) is 2.14. The lowest BCUT2D eigenvalue weighted by Gasteiger charge is -2.34. The highest BCUT2D eigenvalue weighted by atomic mass is 35.5. The number of piperazine rings is 1.